The summed E-state index contributed by atoms with van der Waals surface area (Å²) in [7, 11) is 4.77. The number of ether oxygens (including phenoxy) is 2. The molecule has 0 saturated heterocycles. The molecule has 7 heteroatoms. The molecule has 2 aromatic rings. The van der Waals surface area contributed by atoms with Gasteiger partial charge in [-0.25, -0.2) is 9.78 Å². The Balaban J connectivity index is 2.37. The van der Waals surface area contributed by atoms with E-state index in [0.717, 1.165) is 5.56 Å². The lowest BCUT2D eigenvalue weighted by atomic mass is 10.2. The van der Waals surface area contributed by atoms with Crippen LogP contribution in [0.1, 0.15) is 5.69 Å². The SMILES string of the molecule is COCc1cc(OC(=O)N(C)C)nc(-c2ccncc2)n1. The second-order valence-electron chi connectivity index (χ2n) is 4.45. The molecule has 7 nitrogen and oxygen atoms in total. The maximum atomic E-state index is 11.6. The quantitative estimate of drug-likeness (QED) is 0.853. The Morgan fingerprint density at radius 1 is 1.24 bits per heavy atom. The Hall–Kier alpha value is -2.54. The maximum absolute atomic E-state index is 11.6. The normalized spacial score (nSPS) is 10.2. The van der Waals surface area contributed by atoms with Crippen molar-refractivity contribution in [3.05, 3.63) is 36.3 Å². The van der Waals surface area contributed by atoms with Gasteiger partial charge in [0.15, 0.2) is 5.82 Å². The molecule has 0 radical (unpaired) electrons. The number of rotatable bonds is 4. The summed E-state index contributed by atoms with van der Waals surface area (Å²) in [5.74, 6) is 0.635. The van der Waals surface area contributed by atoms with Gasteiger partial charge in [-0.1, -0.05) is 0 Å². The summed E-state index contributed by atoms with van der Waals surface area (Å²) in [6.07, 6.45) is 2.79. The summed E-state index contributed by atoms with van der Waals surface area (Å²) in [6.45, 7) is 0.299. The van der Waals surface area contributed by atoms with Gasteiger partial charge in [0.25, 0.3) is 0 Å². The fourth-order valence-electron chi connectivity index (χ4n) is 1.56. The predicted octanol–water partition coefficient (Wildman–Crippen LogP) is 1.75. The van der Waals surface area contributed by atoms with Crippen LogP contribution in [-0.4, -0.2) is 47.2 Å². The molecule has 0 aromatic carbocycles. The van der Waals surface area contributed by atoms with Crippen LogP contribution in [0.3, 0.4) is 0 Å². The zero-order valence-corrected chi connectivity index (χ0v) is 12.1. The standard InChI is InChI=1S/C14H16N4O3/c1-18(2)14(19)21-12-8-11(9-20-3)16-13(17-12)10-4-6-15-7-5-10/h4-8H,9H2,1-3H3. The van der Waals surface area contributed by atoms with E-state index in [2.05, 4.69) is 15.0 Å². The van der Waals surface area contributed by atoms with Gasteiger partial charge in [0, 0.05) is 45.2 Å². The summed E-state index contributed by atoms with van der Waals surface area (Å²) >= 11 is 0. The lowest BCUT2D eigenvalue weighted by Crippen LogP contribution is -2.25. The van der Waals surface area contributed by atoms with Gasteiger partial charge in [-0.05, 0) is 12.1 Å². The molecular formula is C14H16N4O3. The van der Waals surface area contributed by atoms with Crippen molar-refractivity contribution in [1.82, 2.24) is 19.9 Å². The van der Waals surface area contributed by atoms with E-state index in [1.165, 1.54) is 4.90 Å². The second-order valence-corrected chi connectivity index (χ2v) is 4.45. The first-order valence-corrected chi connectivity index (χ1v) is 6.26. The molecule has 0 N–H and O–H groups in total. The number of carbonyl (C=O) groups is 1. The van der Waals surface area contributed by atoms with Crippen LogP contribution in [0.25, 0.3) is 11.4 Å². The third-order valence-electron chi connectivity index (χ3n) is 2.54. The smallest absolute Gasteiger partial charge is 0.391 e. The van der Waals surface area contributed by atoms with Crippen LogP contribution in [0.2, 0.25) is 0 Å². The van der Waals surface area contributed by atoms with Gasteiger partial charge in [-0.15, -0.1) is 0 Å². The molecule has 0 spiro atoms. The monoisotopic (exact) mass is 288 g/mol. The number of methoxy groups -OCH3 is 1. The van der Waals surface area contributed by atoms with E-state index in [9.17, 15) is 4.79 Å². The number of amides is 1. The Bertz CT molecular complexity index is 617. The number of aromatic nitrogens is 3. The van der Waals surface area contributed by atoms with Crippen LogP contribution < -0.4 is 4.74 Å². The van der Waals surface area contributed by atoms with Gasteiger partial charge in [0.2, 0.25) is 5.88 Å². The van der Waals surface area contributed by atoms with Crippen molar-refractivity contribution in [1.29, 1.82) is 0 Å². The topological polar surface area (TPSA) is 77.4 Å². The summed E-state index contributed by atoms with van der Waals surface area (Å²) < 4.78 is 10.3. The minimum Gasteiger partial charge on any atom is -0.391 e. The summed E-state index contributed by atoms with van der Waals surface area (Å²) in [5.41, 5.74) is 1.41. The fourth-order valence-corrected chi connectivity index (χ4v) is 1.56. The zero-order valence-electron chi connectivity index (χ0n) is 12.1. The first-order valence-electron chi connectivity index (χ1n) is 6.26. The highest BCUT2D eigenvalue weighted by Gasteiger charge is 2.12. The number of hydrogen-bond donors (Lipinski definition) is 0. The van der Waals surface area contributed by atoms with Crippen LogP contribution in [0.15, 0.2) is 30.6 Å². The summed E-state index contributed by atoms with van der Waals surface area (Å²) in [6, 6.07) is 5.14. The van der Waals surface area contributed by atoms with Crippen molar-refractivity contribution in [2.75, 3.05) is 21.2 Å². The van der Waals surface area contributed by atoms with Crippen LogP contribution >= 0.6 is 0 Å². The molecule has 0 aliphatic rings. The molecule has 0 atom stereocenters. The van der Waals surface area contributed by atoms with Crippen molar-refractivity contribution in [3.63, 3.8) is 0 Å². The molecule has 0 aliphatic heterocycles. The zero-order chi connectivity index (χ0) is 15.2. The van der Waals surface area contributed by atoms with Gasteiger partial charge in [0.05, 0.1) is 12.3 Å². The van der Waals surface area contributed by atoms with Crippen molar-refractivity contribution in [2.45, 2.75) is 6.61 Å². The van der Waals surface area contributed by atoms with Gasteiger partial charge in [-0.3, -0.25) is 4.98 Å². The van der Waals surface area contributed by atoms with E-state index in [4.69, 9.17) is 9.47 Å². The highest BCUT2D eigenvalue weighted by molar-refractivity contribution is 5.69. The highest BCUT2D eigenvalue weighted by atomic mass is 16.6. The molecular weight excluding hydrogens is 272 g/mol. The average molecular weight is 288 g/mol. The molecule has 110 valence electrons. The molecule has 0 unspecified atom stereocenters. The van der Waals surface area contributed by atoms with Gasteiger partial charge in [-0.2, -0.15) is 4.98 Å². The van der Waals surface area contributed by atoms with Crippen LogP contribution in [-0.2, 0) is 11.3 Å². The van der Waals surface area contributed by atoms with E-state index in [-0.39, 0.29) is 5.88 Å². The third kappa shape index (κ3) is 3.96. The minimum atomic E-state index is -0.502. The van der Waals surface area contributed by atoms with Gasteiger partial charge < -0.3 is 14.4 Å². The predicted molar refractivity (Wildman–Crippen MR) is 75.7 cm³/mol. The van der Waals surface area contributed by atoms with E-state index >= 15 is 0 Å². The average Bonchev–Trinajstić information content (AvgIpc) is 2.48. The van der Waals surface area contributed by atoms with Gasteiger partial charge in [0.1, 0.15) is 0 Å². The Morgan fingerprint density at radius 3 is 2.57 bits per heavy atom. The molecule has 0 fully saturated rings. The largest absolute Gasteiger partial charge is 0.416 e. The minimum absolute atomic E-state index is 0.183. The molecule has 2 heterocycles. The van der Waals surface area contributed by atoms with E-state index in [1.54, 1.807) is 51.8 Å². The lowest BCUT2D eigenvalue weighted by Gasteiger charge is -2.11. The van der Waals surface area contributed by atoms with Crippen LogP contribution in [0.5, 0.6) is 5.88 Å². The molecule has 1 amide bonds. The molecule has 0 saturated carbocycles. The summed E-state index contributed by atoms with van der Waals surface area (Å²) in [5, 5.41) is 0. The highest BCUT2D eigenvalue weighted by Crippen LogP contribution is 2.19. The molecule has 0 bridgehead atoms. The van der Waals surface area contributed by atoms with E-state index in [0.29, 0.717) is 18.1 Å². The Morgan fingerprint density at radius 2 is 1.95 bits per heavy atom. The second kappa shape index (κ2) is 6.76. The fraction of sp³-hybridized carbons (Fsp3) is 0.286. The van der Waals surface area contributed by atoms with E-state index < -0.39 is 6.09 Å². The summed E-state index contributed by atoms with van der Waals surface area (Å²) in [4.78, 5) is 25.5. The van der Waals surface area contributed by atoms with Gasteiger partial charge >= 0.3 is 6.09 Å². The Labute approximate surface area is 122 Å². The Kier molecular flexibility index (Phi) is 4.78. The van der Waals surface area contributed by atoms with Crippen molar-refractivity contribution >= 4 is 6.09 Å². The molecule has 0 aliphatic carbocycles. The van der Waals surface area contributed by atoms with Crippen molar-refractivity contribution in [2.24, 2.45) is 0 Å². The van der Waals surface area contributed by atoms with E-state index in [1.807, 2.05) is 0 Å². The third-order valence-corrected chi connectivity index (χ3v) is 2.54. The number of carbonyl (C=O) groups excluding carboxylic acids is 1. The molecule has 2 rings (SSSR count). The first kappa shape index (κ1) is 14.9. The number of nitrogens with zero attached hydrogens (tertiary/aromatic N) is 4. The van der Waals surface area contributed by atoms with Crippen molar-refractivity contribution in [3.8, 4) is 17.3 Å². The number of hydrogen-bond acceptors (Lipinski definition) is 6. The van der Waals surface area contributed by atoms with Crippen LogP contribution in [0, 0.1) is 0 Å². The lowest BCUT2D eigenvalue weighted by molar-refractivity contribution is 0.168. The van der Waals surface area contributed by atoms with Crippen molar-refractivity contribution < 1.29 is 14.3 Å². The number of pyridine rings is 1. The first-order chi connectivity index (χ1) is 10.1. The molecule has 2 aromatic heterocycles. The maximum Gasteiger partial charge on any atom is 0.416 e. The van der Waals surface area contributed by atoms with Crippen LogP contribution in [0.4, 0.5) is 4.79 Å². The molecule has 21 heavy (non-hydrogen) atoms.